The molecule has 0 aliphatic carbocycles. The number of hydrogen-bond acceptors (Lipinski definition) is 5. The molecule has 1 aliphatic heterocycles. The van der Waals surface area contributed by atoms with Crippen molar-refractivity contribution in [2.45, 2.75) is 23.1 Å². The zero-order valence-corrected chi connectivity index (χ0v) is 13.5. The lowest BCUT2D eigenvalue weighted by Crippen LogP contribution is -2.43. The number of rotatable bonds is 5. The van der Waals surface area contributed by atoms with Crippen LogP contribution in [0.3, 0.4) is 0 Å². The number of aryl methyl sites for hydroxylation is 1. The molecule has 1 fully saturated rings. The summed E-state index contributed by atoms with van der Waals surface area (Å²) in [6.45, 7) is 5.79. The maximum absolute atomic E-state index is 12.7. The lowest BCUT2D eigenvalue weighted by molar-refractivity contribution is 0.544. The van der Waals surface area contributed by atoms with Gasteiger partial charge >= 0.3 is 0 Å². The smallest absolute Gasteiger partial charge is 0.183 e. The maximum atomic E-state index is 12.7. The molecular formula is C14H19NO4S2. The number of hydrogen-bond donors (Lipinski definition) is 1. The highest BCUT2D eigenvalue weighted by atomic mass is 32.2. The molecule has 1 aromatic rings. The first-order valence-electron chi connectivity index (χ1n) is 6.61. The molecule has 0 bridgehead atoms. The molecule has 1 heterocycles. The van der Waals surface area contributed by atoms with Crippen LogP contribution in [0.25, 0.3) is 0 Å². The van der Waals surface area contributed by atoms with Crippen LogP contribution in [0, 0.1) is 6.92 Å². The van der Waals surface area contributed by atoms with Gasteiger partial charge in [0.15, 0.2) is 19.7 Å². The number of benzene rings is 1. The Morgan fingerprint density at radius 1 is 1.29 bits per heavy atom. The second-order valence-electron chi connectivity index (χ2n) is 5.28. The fourth-order valence-electron chi connectivity index (χ4n) is 2.45. The van der Waals surface area contributed by atoms with Gasteiger partial charge < -0.3 is 5.32 Å². The number of sulfone groups is 2. The van der Waals surface area contributed by atoms with Crippen molar-refractivity contribution in [3.05, 3.63) is 42.5 Å². The Balaban J connectivity index is 2.36. The maximum Gasteiger partial charge on any atom is 0.183 e. The lowest BCUT2D eigenvalue weighted by atomic mass is 10.2. The van der Waals surface area contributed by atoms with Gasteiger partial charge in [0.2, 0.25) is 0 Å². The van der Waals surface area contributed by atoms with Gasteiger partial charge in [-0.3, -0.25) is 0 Å². The minimum atomic E-state index is -3.68. The molecule has 1 aromatic carbocycles. The minimum absolute atomic E-state index is 0.156. The van der Waals surface area contributed by atoms with Crippen LogP contribution < -0.4 is 5.32 Å². The van der Waals surface area contributed by atoms with Crippen LogP contribution in [0.5, 0.6) is 0 Å². The molecular weight excluding hydrogens is 310 g/mol. The lowest BCUT2D eigenvalue weighted by Gasteiger charge is -2.19. The molecule has 5 nitrogen and oxygen atoms in total. The van der Waals surface area contributed by atoms with Crippen molar-refractivity contribution in [1.29, 1.82) is 0 Å². The van der Waals surface area contributed by atoms with Gasteiger partial charge in [0, 0.05) is 12.6 Å². The van der Waals surface area contributed by atoms with Crippen molar-refractivity contribution in [2.24, 2.45) is 0 Å². The van der Waals surface area contributed by atoms with Crippen molar-refractivity contribution in [3.8, 4) is 0 Å². The first kappa shape index (κ1) is 16.2. The van der Waals surface area contributed by atoms with E-state index in [-0.39, 0.29) is 16.4 Å². The Bertz CT molecular complexity index is 721. The standard InChI is InChI=1S/C14H19NO4S2/c1-3-8-15-13-9-20(16,17)10-14(13)21(18,19)12-6-4-11(2)5-7-12/h3-7,13-15H,1,8-10H2,2H3/t13-,14-/m1/s1. The topological polar surface area (TPSA) is 80.3 Å². The van der Waals surface area contributed by atoms with Crippen molar-refractivity contribution in [2.75, 3.05) is 18.1 Å². The van der Waals surface area contributed by atoms with Crippen molar-refractivity contribution < 1.29 is 16.8 Å². The Morgan fingerprint density at radius 2 is 1.90 bits per heavy atom. The average molecular weight is 329 g/mol. The SMILES string of the molecule is C=CCN[C@@H]1CS(=O)(=O)C[C@H]1S(=O)(=O)c1ccc(C)cc1. The first-order valence-corrected chi connectivity index (χ1v) is 9.98. The summed E-state index contributed by atoms with van der Waals surface area (Å²) < 4.78 is 49.0. The van der Waals surface area contributed by atoms with Crippen molar-refractivity contribution >= 4 is 19.7 Å². The van der Waals surface area contributed by atoms with E-state index >= 15 is 0 Å². The van der Waals surface area contributed by atoms with Crippen LogP contribution in [0.2, 0.25) is 0 Å². The third kappa shape index (κ3) is 3.53. The molecule has 1 aliphatic rings. The molecule has 0 spiro atoms. The molecule has 0 radical (unpaired) electrons. The molecule has 0 unspecified atom stereocenters. The van der Waals surface area contributed by atoms with Gasteiger partial charge in [0.05, 0.1) is 21.7 Å². The summed E-state index contributed by atoms with van der Waals surface area (Å²) in [5.41, 5.74) is 0.953. The number of nitrogens with one attached hydrogen (secondary N) is 1. The summed E-state index contributed by atoms with van der Waals surface area (Å²) in [6.07, 6.45) is 1.58. The fraction of sp³-hybridized carbons (Fsp3) is 0.429. The summed E-state index contributed by atoms with van der Waals surface area (Å²) in [5.74, 6) is -0.491. The Kier molecular flexibility index (Phi) is 4.55. The van der Waals surface area contributed by atoms with Crippen molar-refractivity contribution in [1.82, 2.24) is 5.32 Å². The van der Waals surface area contributed by atoms with E-state index in [0.29, 0.717) is 6.54 Å². The van der Waals surface area contributed by atoms with Gasteiger partial charge in [-0.05, 0) is 19.1 Å². The highest BCUT2D eigenvalue weighted by Gasteiger charge is 2.45. The summed E-state index contributed by atoms with van der Waals surface area (Å²) in [7, 11) is -7.03. The molecule has 1 N–H and O–H groups in total. The van der Waals surface area contributed by atoms with Crippen LogP contribution in [-0.4, -0.2) is 46.2 Å². The molecule has 0 saturated carbocycles. The normalized spacial score (nSPS) is 24.8. The van der Waals surface area contributed by atoms with Crippen LogP contribution in [0.1, 0.15) is 5.56 Å². The summed E-state index contributed by atoms with van der Waals surface area (Å²) in [5, 5.41) is 1.99. The molecule has 116 valence electrons. The van der Waals surface area contributed by atoms with Crippen LogP contribution in [0.15, 0.2) is 41.8 Å². The zero-order chi connectivity index (χ0) is 15.7. The molecule has 0 aromatic heterocycles. The summed E-state index contributed by atoms with van der Waals surface area (Å²) in [4.78, 5) is 0.167. The Hall–Kier alpha value is -1.18. The van der Waals surface area contributed by atoms with E-state index in [4.69, 9.17) is 0 Å². The van der Waals surface area contributed by atoms with E-state index < -0.39 is 31.0 Å². The van der Waals surface area contributed by atoms with E-state index in [1.165, 1.54) is 12.1 Å². The quantitative estimate of drug-likeness (QED) is 0.805. The molecule has 21 heavy (non-hydrogen) atoms. The monoisotopic (exact) mass is 329 g/mol. The van der Waals surface area contributed by atoms with Crippen molar-refractivity contribution in [3.63, 3.8) is 0 Å². The van der Waals surface area contributed by atoms with E-state index in [1.54, 1.807) is 18.2 Å². The highest BCUT2D eigenvalue weighted by molar-refractivity contribution is 7.96. The molecule has 2 rings (SSSR count). The summed E-state index contributed by atoms with van der Waals surface area (Å²) in [6, 6.07) is 5.88. The predicted octanol–water partition coefficient (Wildman–Crippen LogP) is 0.710. The largest absolute Gasteiger partial charge is 0.308 e. The third-order valence-electron chi connectivity index (χ3n) is 3.57. The van der Waals surface area contributed by atoms with Gasteiger partial charge in [0.25, 0.3) is 0 Å². The molecule has 1 saturated heterocycles. The van der Waals surface area contributed by atoms with Gasteiger partial charge in [0.1, 0.15) is 0 Å². The minimum Gasteiger partial charge on any atom is -0.308 e. The Morgan fingerprint density at radius 3 is 2.48 bits per heavy atom. The highest BCUT2D eigenvalue weighted by Crippen LogP contribution is 2.26. The summed E-state index contributed by atoms with van der Waals surface area (Å²) >= 11 is 0. The Labute approximate surface area is 125 Å². The van der Waals surface area contributed by atoms with Crippen LogP contribution in [0.4, 0.5) is 0 Å². The van der Waals surface area contributed by atoms with E-state index in [2.05, 4.69) is 11.9 Å². The predicted molar refractivity (Wildman–Crippen MR) is 82.8 cm³/mol. The van der Waals surface area contributed by atoms with E-state index in [9.17, 15) is 16.8 Å². The van der Waals surface area contributed by atoms with Gasteiger partial charge in [-0.2, -0.15) is 0 Å². The van der Waals surface area contributed by atoms with Gasteiger partial charge in [-0.15, -0.1) is 6.58 Å². The van der Waals surface area contributed by atoms with Crippen LogP contribution >= 0.6 is 0 Å². The second kappa shape index (κ2) is 5.90. The third-order valence-corrected chi connectivity index (χ3v) is 7.74. The van der Waals surface area contributed by atoms with Crippen LogP contribution in [-0.2, 0) is 19.7 Å². The molecule has 2 atom stereocenters. The van der Waals surface area contributed by atoms with Gasteiger partial charge in [-0.1, -0.05) is 23.8 Å². The van der Waals surface area contributed by atoms with Gasteiger partial charge in [-0.25, -0.2) is 16.8 Å². The molecule has 0 amide bonds. The fourth-order valence-corrected chi connectivity index (χ4v) is 7.17. The average Bonchev–Trinajstić information content (AvgIpc) is 2.73. The molecule has 7 heteroatoms. The second-order valence-corrected chi connectivity index (χ2v) is 9.60. The first-order chi connectivity index (χ1) is 9.76. The zero-order valence-electron chi connectivity index (χ0n) is 11.8. The van der Waals surface area contributed by atoms with E-state index in [1.807, 2.05) is 6.92 Å². The van der Waals surface area contributed by atoms with E-state index in [0.717, 1.165) is 5.56 Å².